The van der Waals surface area contributed by atoms with Crippen LogP contribution < -0.4 is 10.1 Å². The quantitative estimate of drug-likeness (QED) is 0.735. The Labute approximate surface area is 115 Å². The van der Waals surface area contributed by atoms with Gasteiger partial charge in [0.25, 0.3) is 0 Å². The summed E-state index contributed by atoms with van der Waals surface area (Å²) in [6.07, 6.45) is 1.11. The monoisotopic (exact) mass is 270 g/mol. The lowest BCUT2D eigenvalue weighted by Crippen LogP contribution is -2.20. The Morgan fingerprint density at radius 3 is 2.78 bits per heavy atom. The first-order chi connectivity index (χ1) is 8.65. The summed E-state index contributed by atoms with van der Waals surface area (Å²) in [4.78, 5) is 2.10. The predicted octanol–water partition coefficient (Wildman–Crippen LogP) is 2.78. The van der Waals surface area contributed by atoms with Crippen molar-refractivity contribution >= 4 is 11.6 Å². The summed E-state index contributed by atoms with van der Waals surface area (Å²) in [6, 6.07) is 5.81. The fourth-order valence-corrected chi connectivity index (χ4v) is 1.81. The molecule has 1 aromatic carbocycles. The minimum Gasteiger partial charge on any atom is -0.492 e. The zero-order valence-electron chi connectivity index (χ0n) is 11.5. The highest BCUT2D eigenvalue weighted by molar-refractivity contribution is 6.31. The highest BCUT2D eigenvalue weighted by atomic mass is 35.5. The van der Waals surface area contributed by atoms with Gasteiger partial charge in [-0.15, -0.1) is 0 Å². The molecule has 0 radical (unpaired) electrons. The van der Waals surface area contributed by atoms with Crippen molar-refractivity contribution in [3.05, 3.63) is 28.8 Å². The first kappa shape index (κ1) is 15.3. The Morgan fingerprint density at radius 2 is 2.11 bits per heavy atom. The van der Waals surface area contributed by atoms with Gasteiger partial charge in [0.2, 0.25) is 0 Å². The van der Waals surface area contributed by atoms with Gasteiger partial charge >= 0.3 is 0 Å². The molecule has 0 amide bonds. The van der Waals surface area contributed by atoms with Crippen molar-refractivity contribution in [3.63, 3.8) is 0 Å². The number of ether oxygens (including phenoxy) is 1. The van der Waals surface area contributed by atoms with Crippen molar-refractivity contribution in [2.24, 2.45) is 0 Å². The molecule has 1 N–H and O–H groups in total. The van der Waals surface area contributed by atoms with Crippen LogP contribution in [0.25, 0.3) is 0 Å². The molecular weight excluding hydrogens is 248 g/mol. The number of nitrogens with zero attached hydrogens (tertiary/aromatic N) is 1. The number of benzene rings is 1. The zero-order chi connectivity index (χ0) is 13.4. The van der Waals surface area contributed by atoms with Crippen molar-refractivity contribution < 1.29 is 4.74 Å². The fraction of sp³-hybridized carbons (Fsp3) is 0.571. The summed E-state index contributed by atoms with van der Waals surface area (Å²) in [6.45, 7) is 5.46. The lowest BCUT2D eigenvalue weighted by molar-refractivity contribution is 0.259. The molecule has 0 aliphatic rings. The van der Waals surface area contributed by atoms with E-state index in [-0.39, 0.29) is 0 Å². The molecule has 1 aromatic rings. The van der Waals surface area contributed by atoms with E-state index in [0.717, 1.165) is 42.4 Å². The SMILES string of the molecule is CCCNCc1c(Cl)cccc1OCCN(C)C. The van der Waals surface area contributed by atoms with Crippen LogP contribution in [-0.4, -0.2) is 38.7 Å². The van der Waals surface area contributed by atoms with Crippen LogP contribution in [0.2, 0.25) is 5.02 Å². The van der Waals surface area contributed by atoms with Gasteiger partial charge < -0.3 is 15.0 Å². The van der Waals surface area contributed by atoms with E-state index in [1.165, 1.54) is 0 Å². The Morgan fingerprint density at radius 1 is 1.33 bits per heavy atom. The van der Waals surface area contributed by atoms with Gasteiger partial charge in [-0.2, -0.15) is 0 Å². The van der Waals surface area contributed by atoms with Gasteiger partial charge in [-0.3, -0.25) is 0 Å². The van der Waals surface area contributed by atoms with Gasteiger partial charge in [-0.05, 0) is 39.2 Å². The summed E-state index contributed by atoms with van der Waals surface area (Å²) >= 11 is 6.22. The van der Waals surface area contributed by atoms with Crippen molar-refractivity contribution in [1.29, 1.82) is 0 Å². The summed E-state index contributed by atoms with van der Waals surface area (Å²) in [5, 5.41) is 4.12. The minimum atomic E-state index is 0.675. The molecule has 1 rings (SSSR count). The van der Waals surface area contributed by atoms with Gasteiger partial charge in [0, 0.05) is 23.7 Å². The second-order valence-electron chi connectivity index (χ2n) is 4.55. The molecule has 0 saturated carbocycles. The Kier molecular flexibility index (Phi) is 7.09. The van der Waals surface area contributed by atoms with Crippen LogP contribution in [0.3, 0.4) is 0 Å². The van der Waals surface area contributed by atoms with E-state index in [4.69, 9.17) is 16.3 Å². The first-order valence-electron chi connectivity index (χ1n) is 6.40. The third-order valence-electron chi connectivity index (χ3n) is 2.60. The van der Waals surface area contributed by atoms with Crippen LogP contribution >= 0.6 is 11.6 Å². The molecule has 0 unspecified atom stereocenters. The molecule has 0 aliphatic carbocycles. The van der Waals surface area contributed by atoms with E-state index in [2.05, 4.69) is 17.1 Å². The number of nitrogens with one attached hydrogen (secondary N) is 1. The van der Waals surface area contributed by atoms with E-state index < -0.39 is 0 Å². The van der Waals surface area contributed by atoms with E-state index >= 15 is 0 Å². The van der Waals surface area contributed by atoms with E-state index in [0.29, 0.717) is 6.61 Å². The van der Waals surface area contributed by atoms with Crippen LogP contribution in [0.4, 0.5) is 0 Å². The summed E-state index contributed by atoms with van der Waals surface area (Å²) in [5.74, 6) is 0.882. The Balaban J connectivity index is 2.61. The second kappa shape index (κ2) is 8.35. The van der Waals surface area contributed by atoms with Crippen LogP contribution in [0, 0.1) is 0 Å². The molecule has 0 saturated heterocycles. The van der Waals surface area contributed by atoms with Crippen LogP contribution in [0.5, 0.6) is 5.75 Å². The standard InChI is InChI=1S/C14H23ClN2O/c1-4-8-16-11-12-13(15)6-5-7-14(12)18-10-9-17(2)3/h5-7,16H,4,8-11H2,1-3H3. The molecule has 0 aromatic heterocycles. The number of hydrogen-bond acceptors (Lipinski definition) is 3. The molecule has 0 aliphatic heterocycles. The van der Waals surface area contributed by atoms with Gasteiger partial charge in [0.15, 0.2) is 0 Å². The number of hydrogen-bond donors (Lipinski definition) is 1. The molecule has 0 heterocycles. The van der Waals surface area contributed by atoms with Crippen LogP contribution in [0.15, 0.2) is 18.2 Å². The van der Waals surface area contributed by atoms with E-state index in [1.54, 1.807) is 0 Å². The van der Waals surface area contributed by atoms with Crippen LogP contribution in [0.1, 0.15) is 18.9 Å². The average Bonchev–Trinajstić information content (AvgIpc) is 2.32. The van der Waals surface area contributed by atoms with E-state index in [9.17, 15) is 0 Å². The molecular formula is C14H23ClN2O. The summed E-state index contributed by atoms with van der Waals surface area (Å²) < 4.78 is 5.79. The maximum absolute atomic E-state index is 6.22. The fourth-order valence-electron chi connectivity index (χ4n) is 1.57. The molecule has 0 spiro atoms. The maximum Gasteiger partial charge on any atom is 0.125 e. The molecule has 0 atom stereocenters. The lowest BCUT2D eigenvalue weighted by atomic mass is 10.2. The molecule has 3 nitrogen and oxygen atoms in total. The Bertz CT molecular complexity index is 356. The number of rotatable bonds is 8. The zero-order valence-corrected chi connectivity index (χ0v) is 12.3. The molecule has 4 heteroatoms. The topological polar surface area (TPSA) is 24.5 Å². The number of halogens is 1. The van der Waals surface area contributed by atoms with Gasteiger partial charge in [-0.1, -0.05) is 24.6 Å². The predicted molar refractivity (Wildman–Crippen MR) is 77.5 cm³/mol. The normalized spacial score (nSPS) is 10.9. The third kappa shape index (κ3) is 5.25. The minimum absolute atomic E-state index is 0.675. The van der Waals surface area contributed by atoms with Crippen molar-refractivity contribution in [2.75, 3.05) is 33.8 Å². The summed E-state index contributed by atoms with van der Waals surface area (Å²) in [7, 11) is 4.07. The summed E-state index contributed by atoms with van der Waals surface area (Å²) in [5.41, 5.74) is 1.05. The van der Waals surface area contributed by atoms with E-state index in [1.807, 2.05) is 32.3 Å². The molecule has 0 bridgehead atoms. The second-order valence-corrected chi connectivity index (χ2v) is 4.95. The molecule has 102 valence electrons. The Hall–Kier alpha value is -0.770. The van der Waals surface area contributed by atoms with Crippen molar-refractivity contribution in [1.82, 2.24) is 10.2 Å². The molecule has 18 heavy (non-hydrogen) atoms. The highest BCUT2D eigenvalue weighted by Gasteiger charge is 2.07. The van der Waals surface area contributed by atoms with Crippen molar-refractivity contribution in [3.8, 4) is 5.75 Å². The average molecular weight is 271 g/mol. The largest absolute Gasteiger partial charge is 0.492 e. The smallest absolute Gasteiger partial charge is 0.125 e. The highest BCUT2D eigenvalue weighted by Crippen LogP contribution is 2.26. The maximum atomic E-state index is 6.22. The first-order valence-corrected chi connectivity index (χ1v) is 6.78. The van der Waals surface area contributed by atoms with Gasteiger partial charge in [0.1, 0.15) is 12.4 Å². The van der Waals surface area contributed by atoms with Gasteiger partial charge in [0.05, 0.1) is 0 Å². The van der Waals surface area contributed by atoms with Crippen LogP contribution in [-0.2, 0) is 6.54 Å². The third-order valence-corrected chi connectivity index (χ3v) is 2.95. The van der Waals surface area contributed by atoms with Crippen molar-refractivity contribution in [2.45, 2.75) is 19.9 Å². The molecule has 0 fully saturated rings. The van der Waals surface area contributed by atoms with Gasteiger partial charge in [-0.25, -0.2) is 0 Å². The number of likely N-dealkylation sites (N-methyl/N-ethyl adjacent to an activating group) is 1. The lowest BCUT2D eigenvalue weighted by Gasteiger charge is -2.15.